The monoisotopic (exact) mass is 417 g/mol. The van der Waals surface area contributed by atoms with Gasteiger partial charge in [-0.15, -0.1) is 6.58 Å². The third-order valence-electron chi connectivity index (χ3n) is 7.30. The number of piperidine rings is 1. The van der Waals surface area contributed by atoms with Gasteiger partial charge in [0, 0.05) is 41.7 Å². The van der Waals surface area contributed by atoms with Crippen molar-refractivity contribution in [3.05, 3.63) is 82.1 Å². The van der Waals surface area contributed by atoms with E-state index in [9.17, 15) is 10.1 Å². The van der Waals surface area contributed by atoms with Crippen molar-refractivity contribution >= 4 is 16.6 Å². The Kier molecular flexibility index (Phi) is 4.82. The molecule has 1 unspecified atom stereocenters. The molecule has 1 aliphatic heterocycles. The molecule has 0 amide bonds. The van der Waals surface area contributed by atoms with Crippen LogP contribution in [0.3, 0.4) is 0 Å². The van der Waals surface area contributed by atoms with E-state index < -0.39 is 0 Å². The predicted molar refractivity (Wildman–Crippen MR) is 122 cm³/mol. The minimum atomic E-state index is -0.329. The second kappa shape index (κ2) is 7.54. The van der Waals surface area contributed by atoms with Crippen molar-refractivity contribution in [2.75, 3.05) is 26.7 Å². The average Bonchev–Trinajstić information content (AvgIpc) is 3.14. The quantitative estimate of drug-likeness (QED) is 0.373. The van der Waals surface area contributed by atoms with Gasteiger partial charge in [-0.3, -0.25) is 15.0 Å². The number of aromatic nitrogens is 1. The fraction of sp³-hybridized carbons (Fsp3) is 0.360. The number of rotatable bonds is 5. The third-order valence-corrected chi connectivity index (χ3v) is 7.30. The van der Waals surface area contributed by atoms with Crippen LogP contribution in [0.25, 0.3) is 10.9 Å². The Labute approximate surface area is 181 Å². The molecular formula is C25H27N3O3. The molecule has 0 saturated carbocycles. The molecule has 6 heteroatoms. The fourth-order valence-electron chi connectivity index (χ4n) is 5.75. The average molecular weight is 418 g/mol. The van der Waals surface area contributed by atoms with E-state index in [4.69, 9.17) is 4.74 Å². The first kappa shape index (κ1) is 19.8. The smallest absolute Gasteiger partial charge is 0.271 e. The predicted octanol–water partition coefficient (Wildman–Crippen LogP) is 4.63. The highest BCUT2D eigenvalue weighted by Gasteiger charge is 2.48. The lowest BCUT2D eigenvalue weighted by Crippen LogP contribution is -2.53. The number of aromatic amines is 1. The number of nitrogens with one attached hydrogen (secondary N) is 1. The molecule has 3 aromatic rings. The van der Waals surface area contributed by atoms with E-state index in [2.05, 4.69) is 34.7 Å². The largest absolute Gasteiger partial charge is 0.497 e. The van der Waals surface area contributed by atoms with Crippen molar-refractivity contribution in [1.82, 2.24) is 9.88 Å². The van der Waals surface area contributed by atoms with Crippen LogP contribution in [-0.4, -0.2) is 41.6 Å². The highest BCUT2D eigenvalue weighted by Crippen LogP contribution is 2.49. The number of hydrogen-bond donors (Lipinski definition) is 1. The summed E-state index contributed by atoms with van der Waals surface area (Å²) in [5, 5.41) is 12.4. The lowest BCUT2D eigenvalue weighted by Gasteiger charge is -2.51. The Morgan fingerprint density at radius 3 is 3.00 bits per heavy atom. The molecule has 1 N–H and O–H groups in total. The summed E-state index contributed by atoms with van der Waals surface area (Å²) < 4.78 is 5.54. The number of non-ortho nitro benzene ring substituents is 1. The molecule has 1 fully saturated rings. The van der Waals surface area contributed by atoms with Crippen molar-refractivity contribution in [3.63, 3.8) is 0 Å². The maximum Gasteiger partial charge on any atom is 0.271 e. The molecule has 1 aromatic heterocycles. The molecular weight excluding hydrogens is 390 g/mol. The zero-order chi connectivity index (χ0) is 21.6. The Balaban J connectivity index is 1.62. The number of methoxy groups -OCH3 is 1. The van der Waals surface area contributed by atoms with Gasteiger partial charge in [0.25, 0.3) is 5.69 Å². The van der Waals surface area contributed by atoms with Gasteiger partial charge in [0.15, 0.2) is 0 Å². The van der Waals surface area contributed by atoms with Gasteiger partial charge >= 0.3 is 0 Å². The van der Waals surface area contributed by atoms with Crippen molar-refractivity contribution < 1.29 is 9.66 Å². The van der Waals surface area contributed by atoms with Crippen LogP contribution in [0, 0.1) is 16.0 Å². The molecule has 0 spiro atoms. The Morgan fingerprint density at radius 1 is 1.35 bits per heavy atom. The minimum Gasteiger partial charge on any atom is -0.497 e. The van der Waals surface area contributed by atoms with Gasteiger partial charge in [0.05, 0.1) is 17.5 Å². The Morgan fingerprint density at radius 2 is 2.23 bits per heavy atom. The molecule has 2 aliphatic rings. The molecule has 2 heterocycles. The molecule has 160 valence electrons. The summed E-state index contributed by atoms with van der Waals surface area (Å²) in [6.07, 6.45) is 4.91. The van der Waals surface area contributed by atoms with Crippen LogP contribution in [0.4, 0.5) is 5.69 Å². The number of nitrogens with zero attached hydrogens (tertiary/aromatic N) is 2. The molecule has 6 nitrogen and oxygen atoms in total. The van der Waals surface area contributed by atoms with Crippen LogP contribution in [0.1, 0.15) is 23.2 Å². The SMILES string of the molecule is C=CCN1CC[C@]2(c3cccc(OC)c3)Cc3[nH]c4cc([N+](=O)[O-])ccc4c3CC2C1. The van der Waals surface area contributed by atoms with Gasteiger partial charge in [-0.05, 0) is 61.1 Å². The standard InChI is InChI=1S/C25H27N3O3/c1-3-10-27-11-9-25(17-5-4-6-20(12-17)31-2)15-24-22(13-18(25)16-27)21-8-7-19(28(29)30)14-23(21)26-24/h3-8,12,14,18,26H,1,9-11,13,15-16H2,2H3/t18?,25-/m1/s1. The molecule has 2 atom stereocenters. The van der Waals surface area contributed by atoms with E-state index in [0.717, 1.165) is 55.5 Å². The second-order valence-corrected chi connectivity index (χ2v) is 8.83. The summed E-state index contributed by atoms with van der Waals surface area (Å²) >= 11 is 0. The Hall–Kier alpha value is -3.12. The van der Waals surface area contributed by atoms with Crippen molar-refractivity contribution in [2.24, 2.45) is 5.92 Å². The lowest BCUT2D eigenvalue weighted by atomic mass is 9.58. The highest BCUT2D eigenvalue weighted by molar-refractivity contribution is 5.87. The summed E-state index contributed by atoms with van der Waals surface area (Å²) in [5.41, 5.74) is 4.86. The number of nitro benzene ring substituents is 1. The Bertz CT molecular complexity index is 1170. The molecule has 1 aliphatic carbocycles. The number of likely N-dealkylation sites (tertiary alicyclic amines) is 1. The van der Waals surface area contributed by atoms with Crippen molar-refractivity contribution in [1.29, 1.82) is 0 Å². The van der Waals surface area contributed by atoms with Crippen LogP contribution in [0.15, 0.2) is 55.1 Å². The van der Waals surface area contributed by atoms with Crippen molar-refractivity contribution in [3.8, 4) is 5.75 Å². The van der Waals surface area contributed by atoms with E-state index in [0.29, 0.717) is 5.92 Å². The van der Waals surface area contributed by atoms with E-state index in [-0.39, 0.29) is 16.0 Å². The van der Waals surface area contributed by atoms with Gasteiger partial charge in [0.1, 0.15) is 5.75 Å². The molecule has 5 rings (SSSR count). The van der Waals surface area contributed by atoms with E-state index in [1.54, 1.807) is 19.2 Å². The number of benzene rings is 2. The first-order valence-electron chi connectivity index (χ1n) is 10.8. The maximum atomic E-state index is 11.3. The van der Waals surface area contributed by atoms with Crippen LogP contribution in [-0.2, 0) is 18.3 Å². The first-order valence-corrected chi connectivity index (χ1v) is 10.8. The maximum absolute atomic E-state index is 11.3. The van der Waals surface area contributed by atoms with Crippen LogP contribution < -0.4 is 4.74 Å². The van der Waals surface area contributed by atoms with E-state index in [1.165, 1.54) is 16.8 Å². The summed E-state index contributed by atoms with van der Waals surface area (Å²) in [5.74, 6) is 1.34. The van der Waals surface area contributed by atoms with Gasteiger partial charge in [-0.2, -0.15) is 0 Å². The van der Waals surface area contributed by atoms with Crippen LogP contribution >= 0.6 is 0 Å². The second-order valence-electron chi connectivity index (χ2n) is 8.83. The summed E-state index contributed by atoms with van der Waals surface area (Å²) in [7, 11) is 1.71. The van der Waals surface area contributed by atoms with Crippen LogP contribution in [0.2, 0.25) is 0 Å². The number of hydrogen-bond acceptors (Lipinski definition) is 4. The zero-order valence-corrected chi connectivity index (χ0v) is 17.8. The minimum absolute atomic E-state index is 0.0199. The number of nitro groups is 1. The number of ether oxygens (including phenoxy) is 1. The topological polar surface area (TPSA) is 71.4 Å². The normalized spacial score (nSPS) is 23.2. The zero-order valence-electron chi connectivity index (χ0n) is 17.8. The van der Waals surface area contributed by atoms with E-state index in [1.807, 2.05) is 18.2 Å². The van der Waals surface area contributed by atoms with Crippen LogP contribution in [0.5, 0.6) is 5.75 Å². The molecule has 31 heavy (non-hydrogen) atoms. The fourth-order valence-corrected chi connectivity index (χ4v) is 5.75. The molecule has 0 bridgehead atoms. The third kappa shape index (κ3) is 3.22. The van der Waals surface area contributed by atoms with Gasteiger partial charge < -0.3 is 9.72 Å². The molecule has 0 radical (unpaired) electrons. The highest BCUT2D eigenvalue weighted by atomic mass is 16.6. The van der Waals surface area contributed by atoms with Gasteiger partial charge in [-0.1, -0.05) is 18.2 Å². The molecule has 1 saturated heterocycles. The summed E-state index contributed by atoms with van der Waals surface area (Å²) in [4.78, 5) is 16.9. The van der Waals surface area contributed by atoms with E-state index >= 15 is 0 Å². The van der Waals surface area contributed by atoms with Gasteiger partial charge in [-0.25, -0.2) is 0 Å². The number of H-pyrrole nitrogens is 1. The number of fused-ring (bicyclic) bond motifs is 4. The summed E-state index contributed by atoms with van der Waals surface area (Å²) in [6.45, 7) is 6.87. The summed E-state index contributed by atoms with van der Waals surface area (Å²) in [6, 6.07) is 13.7. The van der Waals surface area contributed by atoms with Crippen molar-refractivity contribution in [2.45, 2.75) is 24.7 Å². The first-order chi connectivity index (χ1) is 15.0. The lowest BCUT2D eigenvalue weighted by molar-refractivity contribution is -0.384. The van der Waals surface area contributed by atoms with Gasteiger partial charge in [0.2, 0.25) is 0 Å². The molecule has 2 aromatic carbocycles.